The Hall–Kier alpha value is -1.45. The van der Waals surface area contributed by atoms with Crippen LogP contribution in [0.15, 0.2) is 23.3 Å². The molecule has 0 bridgehead atoms. The highest BCUT2D eigenvalue weighted by Gasteiger charge is 2.08. The van der Waals surface area contributed by atoms with Crippen LogP contribution in [0.2, 0.25) is 0 Å². The molecule has 102 valence electrons. The second-order valence-corrected chi connectivity index (χ2v) is 5.05. The summed E-state index contributed by atoms with van der Waals surface area (Å²) >= 11 is 0. The average Bonchev–Trinajstić information content (AvgIpc) is 2.70. The van der Waals surface area contributed by atoms with Gasteiger partial charge in [0.2, 0.25) is 0 Å². The van der Waals surface area contributed by atoms with E-state index in [0.717, 1.165) is 25.6 Å². The van der Waals surface area contributed by atoms with Crippen molar-refractivity contribution in [1.82, 2.24) is 14.8 Å². The summed E-state index contributed by atoms with van der Waals surface area (Å²) < 4.78 is 2.14. The summed E-state index contributed by atoms with van der Waals surface area (Å²) in [4.78, 5) is 6.81. The molecule has 4 nitrogen and oxygen atoms in total. The van der Waals surface area contributed by atoms with Crippen molar-refractivity contribution in [3.8, 4) is 0 Å². The third kappa shape index (κ3) is 4.43. The quantitative estimate of drug-likeness (QED) is 0.641. The molecule has 0 atom stereocenters. The van der Waals surface area contributed by atoms with Crippen molar-refractivity contribution in [2.75, 3.05) is 20.1 Å². The molecule has 1 aromatic heterocycles. The zero-order chi connectivity index (χ0) is 13.5. The fourth-order valence-corrected chi connectivity index (χ4v) is 1.72. The third-order valence-electron chi connectivity index (χ3n) is 2.75. The van der Waals surface area contributed by atoms with E-state index in [1.807, 2.05) is 0 Å². The number of guanidine groups is 1. The molecule has 0 amide bonds. The highest BCUT2D eigenvalue weighted by Crippen LogP contribution is 2.04. The van der Waals surface area contributed by atoms with Crippen molar-refractivity contribution in [3.63, 3.8) is 0 Å². The van der Waals surface area contributed by atoms with Gasteiger partial charge in [-0.05, 0) is 25.0 Å². The molecule has 0 radical (unpaired) electrons. The van der Waals surface area contributed by atoms with Gasteiger partial charge < -0.3 is 14.8 Å². The first-order valence-corrected chi connectivity index (χ1v) is 6.64. The normalized spacial score (nSPS) is 12.0. The van der Waals surface area contributed by atoms with Gasteiger partial charge in [0.25, 0.3) is 0 Å². The molecule has 18 heavy (non-hydrogen) atoms. The largest absolute Gasteiger partial charge is 0.357 e. The lowest BCUT2D eigenvalue weighted by atomic mass is 10.2. The fraction of sp³-hybridized carbons (Fsp3) is 0.643. The van der Waals surface area contributed by atoms with E-state index >= 15 is 0 Å². The van der Waals surface area contributed by atoms with Crippen LogP contribution in [-0.2, 0) is 13.6 Å². The van der Waals surface area contributed by atoms with E-state index in [4.69, 9.17) is 0 Å². The topological polar surface area (TPSA) is 32.6 Å². The molecule has 0 aliphatic rings. The Morgan fingerprint density at radius 1 is 1.50 bits per heavy atom. The van der Waals surface area contributed by atoms with Crippen LogP contribution in [-0.4, -0.2) is 35.6 Å². The molecule has 1 heterocycles. The summed E-state index contributed by atoms with van der Waals surface area (Å²) in [6.45, 7) is 9.09. The van der Waals surface area contributed by atoms with Crippen LogP contribution >= 0.6 is 0 Å². The SMILES string of the molecule is CCNC(=NCC(C)C)N(C)Cc1cccn1C. The average molecular weight is 250 g/mol. The molecule has 0 aliphatic carbocycles. The summed E-state index contributed by atoms with van der Waals surface area (Å²) in [6.07, 6.45) is 2.07. The number of aryl methyl sites for hydroxylation is 1. The Kier molecular flexibility index (Phi) is 5.75. The van der Waals surface area contributed by atoms with E-state index in [1.54, 1.807) is 0 Å². The van der Waals surface area contributed by atoms with Crippen molar-refractivity contribution >= 4 is 5.96 Å². The van der Waals surface area contributed by atoms with Gasteiger partial charge in [0.15, 0.2) is 5.96 Å². The van der Waals surface area contributed by atoms with E-state index in [0.29, 0.717) is 5.92 Å². The second kappa shape index (κ2) is 7.09. The first-order valence-electron chi connectivity index (χ1n) is 6.64. The fourth-order valence-electron chi connectivity index (χ4n) is 1.72. The number of hydrogen-bond acceptors (Lipinski definition) is 1. The lowest BCUT2D eigenvalue weighted by Gasteiger charge is -2.22. The van der Waals surface area contributed by atoms with E-state index in [-0.39, 0.29) is 0 Å². The predicted octanol–water partition coefficient (Wildman–Crippen LogP) is 2.08. The summed E-state index contributed by atoms with van der Waals surface area (Å²) in [5.41, 5.74) is 1.28. The van der Waals surface area contributed by atoms with Crippen LogP contribution < -0.4 is 5.32 Å². The smallest absolute Gasteiger partial charge is 0.194 e. The van der Waals surface area contributed by atoms with Crippen molar-refractivity contribution in [2.24, 2.45) is 18.0 Å². The predicted molar refractivity (Wildman–Crippen MR) is 77.7 cm³/mol. The van der Waals surface area contributed by atoms with E-state index < -0.39 is 0 Å². The van der Waals surface area contributed by atoms with Gasteiger partial charge in [-0.1, -0.05) is 13.8 Å². The number of aliphatic imine (C=N–C) groups is 1. The van der Waals surface area contributed by atoms with Crippen LogP contribution in [0.1, 0.15) is 26.5 Å². The number of aromatic nitrogens is 1. The highest BCUT2D eigenvalue weighted by molar-refractivity contribution is 5.79. The molecule has 1 aromatic rings. The van der Waals surface area contributed by atoms with E-state index in [1.165, 1.54) is 5.69 Å². The van der Waals surface area contributed by atoms with Crippen molar-refractivity contribution in [1.29, 1.82) is 0 Å². The molecule has 0 unspecified atom stereocenters. The molecular formula is C14H26N4. The number of nitrogens with zero attached hydrogens (tertiary/aromatic N) is 3. The minimum absolute atomic E-state index is 0.585. The van der Waals surface area contributed by atoms with E-state index in [2.05, 4.69) is 73.0 Å². The van der Waals surface area contributed by atoms with Crippen molar-refractivity contribution in [2.45, 2.75) is 27.3 Å². The monoisotopic (exact) mass is 250 g/mol. The van der Waals surface area contributed by atoms with Crippen molar-refractivity contribution in [3.05, 3.63) is 24.0 Å². The molecule has 0 spiro atoms. The zero-order valence-corrected chi connectivity index (χ0v) is 12.3. The number of rotatable bonds is 5. The van der Waals surface area contributed by atoms with E-state index in [9.17, 15) is 0 Å². The first kappa shape index (κ1) is 14.6. The Labute approximate surface area is 111 Å². The molecule has 1 rings (SSSR count). The first-order chi connectivity index (χ1) is 8.54. The van der Waals surface area contributed by atoms with Gasteiger partial charge in [-0.25, -0.2) is 0 Å². The molecule has 0 aromatic carbocycles. The summed E-state index contributed by atoms with van der Waals surface area (Å²) in [5, 5.41) is 3.34. The Morgan fingerprint density at radius 3 is 2.72 bits per heavy atom. The van der Waals surface area contributed by atoms with Crippen LogP contribution in [0.4, 0.5) is 0 Å². The molecule has 0 saturated heterocycles. The van der Waals surface area contributed by atoms with Crippen LogP contribution in [0.25, 0.3) is 0 Å². The maximum absolute atomic E-state index is 4.65. The maximum Gasteiger partial charge on any atom is 0.194 e. The zero-order valence-electron chi connectivity index (χ0n) is 12.3. The van der Waals surface area contributed by atoms with Crippen LogP contribution in [0, 0.1) is 5.92 Å². The van der Waals surface area contributed by atoms with Crippen LogP contribution in [0.3, 0.4) is 0 Å². The van der Waals surface area contributed by atoms with Crippen LogP contribution in [0.5, 0.6) is 0 Å². The van der Waals surface area contributed by atoms with Gasteiger partial charge >= 0.3 is 0 Å². The van der Waals surface area contributed by atoms with Gasteiger partial charge in [-0.3, -0.25) is 4.99 Å². The molecule has 0 aliphatic heterocycles. The third-order valence-corrected chi connectivity index (χ3v) is 2.75. The Morgan fingerprint density at radius 2 is 2.22 bits per heavy atom. The van der Waals surface area contributed by atoms with Crippen molar-refractivity contribution < 1.29 is 0 Å². The molecule has 0 fully saturated rings. The lowest BCUT2D eigenvalue weighted by Crippen LogP contribution is -2.39. The van der Waals surface area contributed by atoms with Gasteiger partial charge in [0.05, 0.1) is 6.54 Å². The molecule has 4 heteroatoms. The van der Waals surface area contributed by atoms with Gasteiger partial charge in [-0.15, -0.1) is 0 Å². The Bertz CT molecular complexity index is 379. The molecule has 1 N–H and O–H groups in total. The summed E-state index contributed by atoms with van der Waals surface area (Å²) in [5.74, 6) is 1.56. The second-order valence-electron chi connectivity index (χ2n) is 5.05. The van der Waals surface area contributed by atoms with Gasteiger partial charge in [-0.2, -0.15) is 0 Å². The summed E-state index contributed by atoms with van der Waals surface area (Å²) in [7, 11) is 4.15. The summed E-state index contributed by atoms with van der Waals surface area (Å²) in [6, 6.07) is 4.21. The number of hydrogen-bond donors (Lipinski definition) is 1. The maximum atomic E-state index is 4.65. The van der Waals surface area contributed by atoms with Gasteiger partial charge in [0.1, 0.15) is 0 Å². The minimum atomic E-state index is 0.585. The van der Waals surface area contributed by atoms with Gasteiger partial charge in [0, 0.05) is 39.1 Å². The standard InChI is InChI=1S/C14H26N4/c1-6-15-14(16-10-12(2)3)18(5)11-13-8-7-9-17(13)4/h7-9,12H,6,10-11H2,1-5H3,(H,15,16). The number of nitrogens with one attached hydrogen (secondary N) is 1. The minimum Gasteiger partial charge on any atom is -0.357 e. The Balaban J connectivity index is 2.67. The lowest BCUT2D eigenvalue weighted by molar-refractivity contribution is 0.459. The highest BCUT2D eigenvalue weighted by atomic mass is 15.3. The molecule has 0 saturated carbocycles. The molecular weight excluding hydrogens is 224 g/mol.